The minimum absolute atomic E-state index is 0.00264. The largest absolute Gasteiger partial charge is 0.459 e. The van der Waals surface area contributed by atoms with E-state index >= 15 is 0 Å². The van der Waals surface area contributed by atoms with Crippen LogP contribution in [0.3, 0.4) is 0 Å². The Balaban J connectivity index is 1.62. The SMILES string of the molecule is CC(F)C(=O)O[C@@H]1[C@H](C)C[C@H]2[C@@H]3CC=C4C=CCC[C@]4(C)[C@H]3CC[C@]12C. The molecule has 0 N–H and O–H groups in total. The van der Waals surface area contributed by atoms with Crippen LogP contribution in [0.1, 0.15) is 66.2 Å². The number of halogens is 1. The molecule has 2 saturated carbocycles. The number of carbonyl (C=O) groups is 1. The third kappa shape index (κ3) is 2.52. The maximum atomic E-state index is 13.4. The second kappa shape index (κ2) is 6.21. The summed E-state index contributed by atoms with van der Waals surface area (Å²) >= 11 is 0. The lowest BCUT2D eigenvalue weighted by atomic mass is 9.49. The molecule has 0 saturated heterocycles. The fourth-order valence-corrected chi connectivity index (χ4v) is 7.09. The molecule has 0 spiro atoms. The molecule has 0 aliphatic heterocycles. The van der Waals surface area contributed by atoms with Gasteiger partial charge in [-0.2, -0.15) is 0 Å². The highest BCUT2D eigenvalue weighted by atomic mass is 19.1. The average Bonchev–Trinajstić information content (AvgIpc) is 2.85. The van der Waals surface area contributed by atoms with Crippen LogP contribution in [0.4, 0.5) is 4.39 Å². The molecule has 1 unspecified atom stereocenters. The number of fused-ring (bicyclic) bond motifs is 5. The lowest BCUT2D eigenvalue weighted by molar-refractivity contribution is -0.167. The molecule has 2 fully saturated rings. The van der Waals surface area contributed by atoms with Crippen molar-refractivity contribution in [3.8, 4) is 0 Å². The van der Waals surface area contributed by atoms with E-state index in [0.29, 0.717) is 23.2 Å². The highest BCUT2D eigenvalue weighted by Crippen LogP contribution is 2.65. The topological polar surface area (TPSA) is 26.3 Å². The maximum absolute atomic E-state index is 13.4. The molecule has 8 atom stereocenters. The van der Waals surface area contributed by atoms with E-state index in [9.17, 15) is 9.18 Å². The Labute approximate surface area is 157 Å². The summed E-state index contributed by atoms with van der Waals surface area (Å²) in [7, 11) is 0. The van der Waals surface area contributed by atoms with Crippen molar-refractivity contribution < 1.29 is 13.9 Å². The minimum atomic E-state index is -1.53. The third-order valence-corrected chi connectivity index (χ3v) is 8.45. The first kappa shape index (κ1) is 18.3. The fourth-order valence-electron chi connectivity index (χ4n) is 7.09. The second-order valence-electron chi connectivity index (χ2n) is 9.86. The van der Waals surface area contributed by atoms with E-state index in [4.69, 9.17) is 4.74 Å². The maximum Gasteiger partial charge on any atom is 0.340 e. The van der Waals surface area contributed by atoms with Crippen molar-refractivity contribution in [2.75, 3.05) is 0 Å². The van der Waals surface area contributed by atoms with Gasteiger partial charge in [0, 0.05) is 5.41 Å². The van der Waals surface area contributed by atoms with Gasteiger partial charge in [-0.05, 0) is 80.1 Å². The van der Waals surface area contributed by atoms with Crippen LogP contribution in [0.2, 0.25) is 0 Å². The first-order chi connectivity index (χ1) is 12.3. The average molecular weight is 361 g/mol. The first-order valence-corrected chi connectivity index (χ1v) is 10.5. The molecule has 0 aromatic rings. The molecule has 0 bridgehead atoms. The van der Waals surface area contributed by atoms with Gasteiger partial charge in [-0.1, -0.05) is 39.0 Å². The molecule has 0 aromatic carbocycles. The smallest absolute Gasteiger partial charge is 0.340 e. The van der Waals surface area contributed by atoms with E-state index in [1.54, 1.807) is 5.57 Å². The van der Waals surface area contributed by atoms with Gasteiger partial charge in [-0.25, -0.2) is 9.18 Å². The molecule has 0 aromatic heterocycles. The van der Waals surface area contributed by atoms with E-state index in [2.05, 4.69) is 39.0 Å². The zero-order chi connectivity index (χ0) is 18.7. The zero-order valence-corrected chi connectivity index (χ0v) is 16.6. The predicted octanol–water partition coefficient (Wildman–Crippen LogP) is 5.63. The van der Waals surface area contributed by atoms with Gasteiger partial charge in [0.1, 0.15) is 6.10 Å². The number of ether oxygens (including phenoxy) is 1. The third-order valence-electron chi connectivity index (χ3n) is 8.45. The fraction of sp³-hybridized carbons (Fsp3) is 0.783. The van der Waals surface area contributed by atoms with Crippen molar-refractivity contribution in [3.05, 3.63) is 23.8 Å². The summed E-state index contributed by atoms with van der Waals surface area (Å²) in [5.41, 5.74) is 1.86. The number of hydrogen-bond donors (Lipinski definition) is 0. The molecule has 0 heterocycles. The monoisotopic (exact) mass is 360 g/mol. The molecule has 4 aliphatic carbocycles. The van der Waals surface area contributed by atoms with Gasteiger partial charge in [-0.3, -0.25) is 0 Å². The Kier molecular flexibility index (Phi) is 4.36. The van der Waals surface area contributed by atoms with Crippen LogP contribution in [0, 0.1) is 34.5 Å². The molecular weight excluding hydrogens is 327 g/mol. The number of allylic oxidation sites excluding steroid dienone is 4. The van der Waals surface area contributed by atoms with Crippen LogP contribution in [-0.4, -0.2) is 18.2 Å². The molecule has 0 radical (unpaired) electrons. The van der Waals surface area contributed by atoms with Crippen LogP contribution in [-0.2, 0) is 9.53 Å². The Morgan fingerprint density at radius 3 is 2.81 bits per heavy atom. The molecular formula is C23H33FO2. The summed E-state index contributed by atoms with van der Waals surface area (Å²) in [6.07, 6.45) is 12.5. The Morgan fingerprint density at radius 2 is 2.08 bits per heavy atom. The summed E-state index contributed by atoms with van der Waals surface area (Å²) in [6, 6.07) is 0. The van der Waals surface area contributed by atoms with Crippen LogP contribution in [0.25, 0.3) is 0 Å². The molecule has 144 valence electrons. The molecule has 26 heavy (non-hydrogen) atoms. The number of rotatable bonds is 2. The highest BCUT2D eigenvalue weighted by Gasteiger charge is 2.61. The lowest BCUT2D eigenvalue weighted by Crippen LogP contribution is -2.51. The second-order valence-corrected chi connectivity index (χ2v) is 9.86. The van der Waals surface area contributed by atoms with E-state index in [1.807, 2.05) is 0 Å². The van der Waals surface area contributed by atoms with Crippen molar-refractivity contribution in [3.63, 3.8) is 0 Å². The number of carbonyl (C=O) groups excluding carboxylic acids is 1. The van der Waals surface area contributed by atoms with Crippen molar-refractivity contribution in [1.29, 1.82) is 0 Å². The lowest BCUT2D eigenvalue weighted by Gasteiger charge is -2.56. The number of esters is 1. The summed E-state index contributed by atoms with van der Waals surface area (Å²) in [6.45, 7) is 8.25. The summed E-state index contributed by atoms with van der Waals surface area (Å²) in [4.78, 5) is 12.0. The van der Waals surface area contributed by atoms with Crippen molar-refractivity contribution in [1.82, 2.24) is 0 Å². The van der Waals surface area contributed by atoms with Gasteiger partial charge in [0.2, 0.25) is 0 Å². The summed E-state index contributed by atoms with van der Waals surface area (Å²) < 4.78 is 19.2. The normalized spacial score (nSPS) is 48.0. The minimum Gasteiger partial charge on any atom is -0.459 e. The van der Waals surface area contributed by atoms with Crippen LogP contribution in [0.5, 0.6) is 0 Å². The first-order valence-electron chi connectivity index (χ1n) is 10.5. The predicted molar refractivity (Wildman–Crippen MR) is 101 cm³/mol. The van der Waals surface area contributed by atoms with Crippen LogP contribution < -0.4 is 0 Å². The van der Waals surface area contributed by atoms with Crippen LogP contribution >= 0.6 is 0 Å². The van der Waals surface area contributed by atoms with Gasteiger partial charge in [0.05, 0.1) is 0 Å². The summed E-state index contributed by atoms with van der Waals surface area (Å²) in [5, 5.41) is 0. The molecule has 2 nitrogen and oxygen atoms in total. The Morgan fingerprint density at radius 1 is 1.31 bits per heavy atom. The standard InChI is InChI=1S/C23H33FO2/c1-14-13-19-17-9-8-16-7-5-6-11-22(16,3)18(17)10-12-23(19,4)20(14)26-21(25)15(2)24/h5,7-8,14-15,17-20H,6,9-13H2,1-4H3/t14-,15?,17-,18+,19+,20-,22+,23+/m1/s1. The van der Waals surface area contributed by atoms with E-state index in [1.165, 1.54) is 26.2 Å². The van der Waals surface area contributed by atoms with Gasteiger partial charge in [0.15, 0.2) is 6.17 Å². The summed E-state index contributed by atoms with van der Waals surface area (Å²) in [5.74, 6) is 1.61. The zero-order valence-electron chi connectivity index (χ0n) is 16.6. The van der Waals surface area contributed by atoms with E-state index in [0.717, 1.165) is 25.2 Å². The molecule has 4 rings (SSSR count). The highest BCUT2D eigenvalue weighted by molar-refractivity contribution is 5.74. The number of hydrogen-bond acceptors (Lipinski definition) is 2. The van der Waals surface area contributed by atoms with E-state index in [-0.39, 0.29) is 11.5 Å². The quantitative estimate of drug-likeness (QED) is 0.596. The Bertz CT molecular complexity index is 651. The van der Waals surface area contributed by atoms with Crippen molar-refractivity contribution in [2.24, 2.45) is 34.5 Å². The van der Waals surface area contributed by atoms with Crippen LogP contribution in [0.15, 0.2) is 23.8 Å². The van der Waals surface area contributed by atoms with Gasteiger partial charge < -0.3 is 4.74 Å². The molecule has 4 aliphatic rings. The molecule has 3 heteroatoms. The van der Waals surface area contributed by atoms with Crippen molar-refractivity contribution >= 4 is 5.97 Å². The number of alkyl halides is 1. The Hall–Kier alpha value is -1.12. The van der Waals surface area contributed by atoms with Gasteiger partial charge in [-0.15, -0.1) is 0 Å². The van der Waals surface area contributed by atoms with Gasteiger partial charge >= 0.3 is 5.97 Å². The van der Waals surface area contributed by atoms with Gasteiger partial charge in [0.25, 0.3) is 0 Å². The van der Waals surface area contributed by atoms with Crippen molar-refractivity contribution in [2.45, 2.75) is 78.5 Å². The van der Waals surface area contributed by atoms with E-state index < -0.39 is 12.1 Å². The molecule has 0 amide bonds.